The van der Waals surface area contributed by atoms with E-state index in [0.29, 0.717) is 5.41 Å². The predicted molar refractivity (Wildman–Crippen MR) is 140 cm³/mol. The summed E-state index contributed by atoms with van der Waals surface area (Å²) >= 11 is 0. The molecule has 1 nitrogen and oxygen atoms in total. The quantitative estimate of drug-likeness (QED) is 0.264. The number of benzene rings is 2. The molecule has 2 bridgehead atoms. The van der Waals surface area contributed by atoms with E-state index in [2.05, 4.69) is 74.2 Å². The summed E-state index contributed by atoms with van der Waals surface area (Å²) < 4.78 is 5.78. The Labute approximate surface area is 202 Å². The molecular weight excluding hydrogens is 400 g/mol. The zero-order valence-corrected chi connectivity index (χ0v) is 20.9. The minimum Gasteiger partial charge on any atom is -0.494 e. The van der Waals surface area contributed by atoms with Crippen LogP contribution in [0.4, 0.5) is 0 Å². The molecule has 3 saturated carbocycles. The van der Waals surface area contributed by atoms with Crippen molar-refractivity contribution in [3.05, 3.63) is 65.2 Å². The summed E-state index contributed by atoms with van der Waals surface area (Å²) in [6, 6.07) is 18.1. The average Bonchev–Trinajstić information content (AvgIpc) is 2.88. The molecule has 0 radical (unpaired) electrons. The number of ether oxygens (including phenoxy) is 1. The standard InChI is InChI=1S/C32H42O/c1-3-5-7-8-9-27-10-14-29(15-11-27)32-23-20-31(21-24-32,22-25-32)19-18-28-12-16-30(17-13-28)33-26-6-4-2/h10-17H,3-9,20-26H2,1-2H3. The van der Waals surface area contributed by atoms with Crippen molar-refractivity contribution in [2.24, 2.45) is 5.41 Å². The van der Waals surface area contributed by atoms with Gasteiger partial charge in [-0.3, -0.25) is 0 Å². The first-order chi connectivity index (χ1) is 16.2. The third kappa shape index (κ3) is 6.03. The molecule has 0 atom stereocenters. The first-order valence-corrected chi connectivity index (χ1v) is 13.5. The smallest absolute Gasteiger partial charge is 0.119 e. The van der Waals surface area contributed by atoms with Crippen molar-refractivity contribution in [3.8, 4) is 17.6 Å². The van der Waals surface area contributed by atoms with Crippen LogP contribution in [0.5, 0.6) is 5.75 Å². The lowest BCUT2D eigenvalue weighted by Crippen LogP contribution is -2.43. The molecule has 2 aromatic carbocycles. The van der Waals surface area contributed by atoms with Gasteiger partial charge in [-0.15, -0.1) is 0 Å². The van der Waals surface area contributed by atoms with Crippen LogP contribution in [0.1, 0.15) is 108 Å². The van der Waals surface area contributed by atoms with Gasteiger partial charge < -0.3 is 4.74 Å². The second-order valence-electron chi connectivity index (χ2n) is 10.5. The van der Waals surface area contributed by atoms with Crippen LogP contribution in [0.3, 0.4) is 0 Å². The lowest BCUT2D eigenvalue weighted by atomic mass is 9.52. The Balaban J connectivity index is 1.33. The lowest BCUT2D eigenvalue weighted by molar-refractivity contribution is 0.0865. The molecular formula is C32H42O. The largest absolute Gasteiger partial charge is 0.494 e. The molecule has 33 heavy (non-hydrogen) atoms. The SMILES string of the molecule is CCCCCCc1ccc(C23CCC(C#Cc4ccc(OCCCC)cc4)(CC2)CC3)cc1. The van der Waals surface area contributed by atoms with E-state index in [1.807, 2.05) is 0 Å². The van der Waals surface area contributed by atoms with E-state index >= 15 is 0 Å². The van der Waals surface area contributed by atoms with E-state index in [0.717, 1.165) is 30.8 Å². The number of aryl methyl sites for hydroxylation is 1. The van der Waals surface area contributed by atoms with Gasteiger partial charge in [0.1, 0.15) is 5.75 Å². The Morgan fingerprint density at radius 3 is 2.03 bits per heavy atom. The van der Waals surface area contributed by atoms with E-state index in [9.17, 15) is 0 Å². The van der Waals surface area contributed by atoms with Crippen LogP contribution < -0.4 is 4.74 Å². The van der Waals surface area contributed by atoms with Gasteiger partial charge in [-0.1, -0.05) is 75.6 Å². The van der Waals surface area contributed by atoms with Gasteiger partial charge in [0.05, 0.1) is 6.61 Å². The highest BCUT2D eigenvalue weighted by molar-refractivity contribution is 5.40. The number of hydrogen-bond acceptors (Lipinski definition) is 1. The maximum atomic E-state index is 5.78. The normalized spacial score (nSPS) is 23.7. The van der Waals surface area contributed by atoms with E-state index in [-0.39, 0.29) is 5.41 Å². The zero-order chi connectivity index (χ0) is 23.0. The average molecular weight is 443 g/mol. The fourth-order valence-corrected chi connectivity index (χ4v) is 5.76. The predicted octanol–water partition coefficient (Wildman–Crippen LogP) is 8.63. The third-order valence-corrected chi connectivity index (χ3v) is 8.22. The second kappa shape index (κ2) is 11.3. The van der Waals surface area contributed by atoms with Gasteiger partial charge in [0.25, 0.3) is 0 Å². The van der Waals surface area contributed by atoms with Crippen molar-refractivity contribution in [1.82, 2.24) is 0 Å². The molecule has 0 unspecified atom stereocenters. The Morgan fingerprint density at radius 2 is 1.39 bits per heavy atom. The van der Waals surface area contributed by atoms with Crippen LogP contribution >= 0.6 is 0 Å². The number of unbranched alkanes of at least 4 members (excludes halogenated alkanes) is 4. The minimum absolute atomic E-state index is 0.233. The monoisotopic (exact) mass is 442 g/mol. The van der Waals surface area contributed by atoms with E-state index in [4.69, 9.17) is 4.74 Å². The van der Waals surface area contributed by atoms with Crippen molar-refractivity contribution in [2.45, 2.75) is 103 Å². The molecule has 0 spiro atoms. The third-order valence-electron chi connectivity index (χ3n) is 8.22. The molecule has 3 aliphatic carbocycles. The van der Waals surface area contributed by atoms with Crippen molar-refractivity contribution < 1.29 is 4.74 Å². The van der Waals surface area contributed by atoms with Gasteiger partial charge in [-0.25, -0.2) is 0 Å². The van der Waals surface area contributed by atoms with Crippen LogP contribution in [-0.2, 0) is 11.8 Å². The van der Waals surface area contributed by atoms with Crippen molar-refractivity contribution in [1.29, 1.82) is 0 Å². The van der Waals surface area contributed by atoms with Gasteiger partial charge in [-0.2, -0.15) is 0 Å². The molecule has 0 aliphatic heterocycles. The Kier molecular flexibility index (Phi) is 8.19. The van der Waals surface area contributed by atoms with Gasteiger partial charge in [0.2, 0.25) is 0 Å². The summed E-state index contributed by atoms with van der Waals surface area (Å²) in [7, 11) is 0. The molecule has 3 fully saturated rings. The van der Waals surface area contributed by atoms with Gasteiger partial charge in [0, 0.05) is 11.0 Å². The first-order valence-electron chi connectivity index (χ1n) is 13.5. The summed E-state index contributed by atoms with van der Waals surface area (Å²) in [6.07, 6.45) is 16.5. The highest BCUT2D eigenvalue weighted by Crippen LogP contribution is 2.57. The maximum absolute atomic E-state index is 5.78. The highest BCUT2D eigenvalue weighted by atomic mass is 16.5. The summed E-state index contributed by atoms with van der Waals surface area (Å²) in [5.74, 6) is 8.20. The van der Waals surface area contributed by atoms with Gasteiger partial charge >= 0.3 is 0 Å². The summed E-state index contributed by atoms with van der Waals surface area (Å²) in [5.41, 5.74) is 4.85. The van der Waals surface area contributed by atoms with Crippen LogP contribution in [0, 0.1) is 17.3 Å². The topological polar surface area (TPSA) is 9.23 Å². The molecule has 0 aromatic heterocycles. The zero-order valence-electron chi connectivity index (χ0n) is 20.9. The maximum Gasteiger partial charge on any atom is 0.119 e. The van der Waals surface area contributed by atoms with Crippen molar-refractivity contribution >= 4 is 0 Å². The number of hydrogen-bond donors (Lipinski definition) is 0. The van der Waals surface area contributed by atoms with Crippen molar-refractivity contribution in [3.63, 3.8) is 0 Å². The number of fused-ring (bicyclic) bond motifs is 3. The summed E-state index contributed by atoms with van der Waals surface area (Å²) in [6.45, 7) is 5.27. The van der Waals surface area contributed by atoms with Crippen molar-refractivity contribution in [2.75, 3.05) is 6.61 Å². The first kappa shape index (κ1) is 23.9. The fraction of sp³-hybridized carbons (Fsp3) is 0.562. The van der Waals surface area contributed by atoms with Gasteiger partial charge in [0.15, 0.2) is 0 Å². The molecule has 3 aliphatic rings. The Morgan fingerprint density at radius 1 is 0.727 bits per heavy atom. The molecule has 0 heterocycles. The van der Waals surface area contributed by atoms with E-state index < -0.39 is 0 Å². The van der Waals surface area contributed by atoms with E-state index in [1.165, 1.54) is 76.2 Å². The Bertz CT molecular complexity index is 901. The molecule has 0 N–H and O–H groups in total. The van der Waals surface area contributed by atoms with Crippen LogP contribution in [0.25, 0.3) is 0 Å². The second-order valence-corrected chi connectivity index (χ2v) is 10.5. The molecule has 5 rings (SSSR count). The highest BCUT2D eigenvalue weighted by Gasteiger charge is 2.48. The molecule has 0 saturated heterocycles. The molecule has 1 heteroatoms. The Hall–Kier alpha value is -2.20. The molecule has 176 valence electrons. The van der Waals surface area contributed by atoms with Gasteiger partial charge in [-0.05, 0) is 98.6 Å². The minimum atomic E-state index is 0.233. The van der Waals surface area contributed by atoms with Crippen LogP contribution in [0.15, 0.2) is 48.5 Å². The fourth-order valence-electron chi connectivity index (χ4n) is 5.76. The molecule has 0 amide bonds. The number of rotatable bonds is 10. The lowest BCUT2D eigenvalue weighted by Gasteiger charge is -2.51. The van der Waals surface area contributed by atoms with E-state index in [1.54, 1.807) is 5.56 Å². The molecule has 2 aromatic rings. The summed E-state index contributed by atoms with van der Waals surface area (Å²) in [5, 5.41) is 0. The summed E-state index contributed by atoms with van der Waals surface area (Å²) in [4.78, 5) is 0. The van der Waals surface area contributed by atoms with Crippen LogP contribution in [0.2, 0.25) is 0 Å². The van der Waals surface area contributed by atoms with Crippen LogP contribution in [-0.4, -0.2) is 6.61 Å².